The Balaban J connectivity index is 2.00. The van der Waals surface area contributed by atoms with Crippen LogP contribution in [0, 0.1) is 5.92 Å². The van der Waals surface area contributed by atoms with Crippen molar-refractivity contribution in [1.82, 2.24) is 4.98 Å². The van der Waals surface area contributed by atoms with E-state index in [0.29, 0.717) is 16.9 Å². The lowest BCUT2D eigenvalue weighted by molar-refractivity contribution is 0.361. The van der Waals surface area contributed by atoms with E-state index in [2.05, 4.69) is 17.2 Å². The van der Waals surface area contributed by atoms with Crippen LogP contribution in [0.1, 0.15) is 32.6 Å². The first-order valence-corrected chi connectivity index (χ1v) is 6.21. The van der Waals surface area contributed by atoms with Gasteiger partial charge in [-0.1, -0.05) is 18.5 Å². The molecule has 1 aliphatic carbocycles. The van der Waals surface area contributed by atoms with Crippen molar-refractivity contribution in [2.24, 2.45) is 5.92 Å². The maximum absolute atomic E-state index is 5.85. The Morgan fingerprint density at radius 3 is 2.69 bits per heavy atom. The molecule has 1 heterocycles. The van der Waals surface area contributed by atoms with E-state index in [-0.39, 0.29) is 0 Å². The molecule has 4 heteroatoms. The summed E-state index contributed by atoms with van der Waals surface area (Å²) in [5.74, 6) is 1.58. The van der Waals surface area contributed by atoms with E-state index in [9.17, 15) is 0 Å². The average molecular weight is 240 g/mol. The zero-order valence-corrected chi connectivity index (χ0v) is 10.3. The number of hydrogen-bond acceptors (Lipinski definition) is 3. The number of anilines is 2. The number of nitrogens with zero attached hydrogens (tertiary/aromatic N) is 1. The highest BCUT2D eigenvalue weighted by Crippen LogP contribution is 2.27. The number of nitrogens with two attached hydrogens (primary N) is 1. The van der Waals surface area contributed by atoms with Crippen LogP contribution in [-0.4, -0.2) is 11.0 Å². The molecule has 1 aliphatic rings. The molecule has 0 aromatic carbocycles. The SMILES string of the molecule is CC1CCC(Nc2nc(Cl)ccc2N)CC1. The minimum absolute atomic E-state index is 0.487. The van der Waals surface area contributed by atoms with Crippen LogP contribution in [0.2, 0.25) is 5.15 Å². The number of aromatic nitrogens is 1. The zero-order chi connectivity index (χ0) is 11.5. The van der Waals surface area contributed by atoms with Gasteiger partial charge in [0.2, 0.25) is 0 Å². The monoisotopic (exact) mass is 239 g/mol. The number of pyridine rings is 1. The molecule has 0 amide bonds. The summed E-state index contributed by atoms with van der Waals surface area (Å²) in [7, 11) is 0. The maximum Gasteiger partial charge on any atom is 0.151 e. The van der Waals surface area contributed by atoms with Crippen molar-refractivity contribution >= 4 is 23.1 Å². The Morgan fingerprint density at radius 2 is 2.00 bits per heavy atom. The molecule has 0 saturated heterocycles. The summed E-state index contributed by atoms with van der Waals surface area (Å²) in [6.07, 6.45) is 4.93. The fourth-order valence-electron chi connectivity index (χ4n) is 2.16. The lowest BCUT2D eigenvalue weighted by atomic mass is 9.87. The highest BCUT2D eigenvalue weighted by Gasteiger charge is 2.18. The Bertz CT molecular complexity index is 359. The van der Waals surface area contributed by atoms with Crippen molar-refractivity contribution in [2.45, 2.75) is 38.6 Å². The second-order valence-corrected chi connectivity index (χ2v) is 5.06. The van der Waals surface area contributed by atoms with E-state index in [4.69, 9.17) is 17.3 Å². The smallest absolute Gasteiger partial charge is 0.151 e. The molecule has 3 nitrogen and oxygen atoms in total. The molecule has 0 unspecified atom stereocenters. The number of halogens is 1. The Labute approximate surface area is 101 Å². The Morgan fingerprint density at radius 1 is 1.31 bits per heavy atom. The van der Waals surface area contributed by atoms with Crippen LogP contribution in [0.25, 0.3) is 0 Å². The molecule has 0 bridgehead atoms. The van der Waals surface area contributed by atoms with Gasteiger partial charge < -0.3 is 11.1 Å². The first kappa shape index (κ1) is 11.5. The van der Waals surface area contributed by atoms with Crippen LogP contribution < -0.4 is 11.1 Å². The van der Waals surface area contributed by atoms with Crippen LogP contribution in [0.5, 0.6) is 0 Å². The maximum atomic E-state index is 5.85. The molecule has 0 atom stereocenters. The molecule has 0 spiro atoms. The summed E-state index contributed by atoms with van der Waals surface area (Å²) in [5, 5.41) is 3.88. The fourth-order valence-corrected chi connectivity index (χ4v) is 2.31. The van der Waals surface area contributed by atoms with E-state index in [1.807, 2.05) is 0 Å². The highest BCUT2D eigenvalue weighted by atomic mass is 35.5. The predicted molar refractivity (Wildman–Crippen MR) is 68.7 cm³/mol. The summed E-state index contributed by atoms with van der Waals surface area (Å²) in [5.41, 5.74) is 6.52. The number of nitrogen functional groups attached to an aromatic ring is 1. The van der Waals surface area contributed by atoms with E-state index < -0.39 is 0 Å². The van der Waals surface area contributed by atoms with Gasteiger partial charge in [0.05, 0.1) is 5.69 Å². The number of rotatable bonds is 2. The third-order valence-corrected chi connectivity index (χ3v) is 3.46. The van der Waals surface area contributed by atoms with E-state index >= 15 is 0 Å². The molecule has 0 aliphatic heterocycles. The molecule has 88 valence electrons. The molecule has 16 heavy (non-hydrogen) atoms. The average Bonchev–Trinajstić information content (AvgIpc) is 2.27. The summed E-state index contributed by atoms with van der Waals surface area (Å²) < 4.78 is 0. The topological polar surface area (TPSA) is 50.9 Å². The second kappa shape index (κ2) is 4.91. The third kappa shape index (κ3) is 2.79. The van der Waals surface area contributed by atoms with Gasteiger partial charge in [-0.2, -0.15) is 0 Å². The molecule has 0 radical (unpaired) electrons. The van der Waals surface area contributed by atoms with Crippen LogP contribution in [-0.2, 0) is 0 Å². The summed E-state index contributed by atoms with van der Waals surface area (Å²) in [6.45, 7) is 2.31. The Hall–Kier alpha value is -0.960. The van der Waals surface area contributed by atoms with Crippen molar-refractivity contribution in [3.8, 4) is 0 Å². The normalized spacial score (nSPS) is 25.4. The van der Waals surface area contributed by atoms with Gasteiger partial charge in [0, 0.05) is 6.04 Å². The quantitative estimate of drug-likeness (QED) is 0.779. The van der Waals surface area contributed by atoms with Gasteiger partial charge in [-0.15, -0.1) is 0 Å². The van der Waals surface area contributed by atoms with Gasteiger partial charge in [0.25, 0.3) is 0 Å². The Kier molecular flexibility index (Phi) is 3.54. The first-order chi connectivity index (χ1) is 7.65. The standard InChI is InChI=1S/C12H18ClN3/c1-8-2-4-9(5-3-8)15-12-10(14)6-7-11(13)16-12/h6-9H,2-5,14H2,1H3,(H,15,16). The minimum atomic E-state index is 0.487. The van der Waals surface area contributed by atoms with Gasteiger partial charge in [-0.05, 0) is 43.7 Å². The fraction of sp³-hybridized carbons (Fsp3) is 0.583. The van der Waals surface area contributed by atoms with Crippen molar-refractivity contribution in [3.05, 3.63) is 17.3 Å². The highest BCUT2D eigenvalue weighted by molar-refractivity contribution is 6.29. The van der Waals surface area contributed by atoms with Gasteiger partial charge >= 0.3 is 0 Å². The summed E-state index contributed by atoms with van der Waals surface area (Å²) >= 11 is 5.85. The number of hydrogen-bond donors (Lipinski definition) is 2. The zero-order valence-electron chi connectivity index (χ0n) is 9.54. The van der Waals surface area contributed by atoms with Crippen LogP contribution >= 0.6 is 11.6 Å². The van der Waals surface area contributed by atoms with Crippen LogP contribution in [0.4, 0.5) is 11.5 Å². The molecule has 3 N–H and O–H groups in total. The lowest BCUT2D eigenvalue weighted by Crippen LogP contribution is -2.26. The van der Waals surface area contributed by atoms with Crippen molar-refractivity contribution < 1.29 is 0 Å². The molecule has 2 rings (SSSR count). The predicted octanol–water partition coefficient (Wildman–Crippen LogP) is 3.31. The first-order valence-electron chi connectivity index (χ1n) is 5.83. The van der Waals surface area contributed by atoms with Gasteiger partial charge in [0.1, 0.15) is 5.15 Å². The second-order valence-electron chi connectivity index (χ2n) is 4.67. The van der Waals surface area contributed by atoms with Crippen LogP contribution in [0.3, 0.4) is 0 Å². The van der Waals surface area contributed by atoms with Crippen molar-refractivity contribution in [3.63, 3.8) is 0 Å². The molecule has 1 aromatic heterocycles. The summed E-state index contributed by atoms with van der Waals surface area (Å²) in [4.78, 5) is 4.22. The van der Waals surface area contributed by atoms with E-state index in [0.717, 1.165) is 11.7 Å². The molecular weight excluding hydrogens is 222 g/mol. The van der Waals surface area contributed by atoms with Gasteiger partial charge in [-0.25, -0.2) is 4.98 Å². The summed E-state index contributed by atoms with van der Waals surface area (Å²) in [6, 6.07) is 4.00. The van der Waals surface area contributed by atoms with Crippen molar-refractivity contribution in [1.29, 1.82) is 0 Å². The number of nitrogens with one attached hydrogen (secondary N) is 1. The molecular formula is C12H18ClN3. The molecule has 1 fully saturated rings. The van der Waals surface area contributed by atoms with E-state index in [1.54, 1.807) is 12.1 Å². The van der Waals surface area contributed by atoms with Gasteiger partial charge in [0.15, 0.2) is 5.82 Å². The molecule has 1 saturated carbocycles. The van der Waals surface area contributed by atoms with Crippen molar-refractivity contribution in [2.75, 3.05) is 11.1 Å². The van der Waals surface area contributed by atoms with E-state index in [1.165, 1.54) is 25.7 Å². The van der Waals surface area contributed by atoms with Gasteiger partial charge in [-0.3, -0.25) is 0 Å². The third-order valence-electron chi connectivity index (χ3n) is 3.25. The van der Waals surface area contributed by atoms with Crippen LogP contribution in [0.15, 0.2) is 12.1 Å². The molecule has 1 aromatic rings. The largest absolute Gasteiger partial charge is 0.396 e. The lowest BCUT2D eigenvalue weighted by Gasteiger charge is -2.27. The minimum Gasteiger partial charge on any atom is -0.396 e.